The largest absolute Gasteiger partial charge is 0.426 e. The maximum absolute atomic E-state index is 12.4. The number of esters is 1. The van der Waals surface area contributed by atoms with Crippen molar-refractivity contribution in [1.29, 1.82) is 0 Å². The fraction of sp³-hybridized carbons (Fsp3) is 0.250. The van der Waals surface area contributed by atoms with E-state index < -0.39 is 11.9 Å². The summed E-state index contributed by atoms with van der Waals surface area (Å²) in [5.41, 5.74) is 2.45. The number of amides is 1. The number of benzene rings is 2. The molecule has 3 rings (SSSR count). The summed E-state index contributed by atoms with van der Waals surface area (Å²) in [6.45, 7) is 2.36. The molecule has 1 amide bonds. The third-order valence-corrected chi connectivity index (χ3v) is 4.36. The summed E-state index contributed by atoms with van der Waals surface area (Å²) in [5, 5.41) is 0. The number of hydrogen-bond donors (Lipinski definition) is 0. The van der Waals surface area contributed by atoms with Gasteiger partial charge < -0.3 is 9.64 Å². The van der Waals surface area contributed by atoms with Crippen LogP contribution in [0.4, 0.5) is 5.69 Å². The minimum atomic E-state index is -0.497. The third kappa shape index (κ3) is 3.60. The molecule has 2 aromatic rings. The van der Waals surface area contributed by atoms with Gasteiger partial charge in [-0.05, 0) is 42.3 Å². The minimum Gasteiger partial charge on any atom is -0.426 e. The van der Waals surface area contributed by atoms with Gasteiger partial charge in [-0.3, -0.25) is 14.4 Å². The maximum Gasteiger partial charge on any atom is 0.316 e. The highest BCUT2D eigenvalue weighted by Gasteiger charge is 2.37. The lowest BCUT2D eigenvalue weighted by Crippen LogP contribution is -2.28. The Morgan fingerprint density at radius 3 is 2.60 bits per heavy atom. The van der Waals surface area contributed by atoms with E-state index in [-0.39, 0.29) is 12.3 Å². The number of aryl methyl sites for hydroxylation is 1. The van der Waals surface area contributed by atoms with E-state index in [4.69, 9.17) is 4.74 Å². The van der Waals surface area contributed by atoms with Crippen molar-refractivity contribution in [3.63, 3.8) is 0 Å². The molecule has 0 aromatic heterocycles. The number of para-hydroxylation sites is 1. The predicted molar refractivity (Wildman–Crippen MR) is 93.7 cm³/mol. The molecule has 1 aliphatic rings. The average molecular weight is 337 g/mol. The van der Waals surface area contributed by atoms with Crippen molar-refractivity contribution in [1.82, 2.24) is 0 Å². The van der Waals surface area contributed by atoms with Crippen molar-refractivity contribution in [2.45, 2.75) is 19.8 Å². The highest BCUT2D eigenvalue weighted by atomic mass is 16.5. The van der Waals surface area contributed by atoms with Crippen molar-refractivity contribution >= 4 is 23.9 Å². The summed E-state index contributed by atoms with van der Waals surface area (Å²) in [7, 11) is 0. The summed E-state index contributed by atoms with van der Waals surface area (Å²) in [4.78, 5) is 37.1. The van der Waals surface area contributed by atoms with Gasteiger partial charge >= 0.3 is 5.97 Å². The molecule has 1 atom stereocenters. The first-order valence-corrected chi connectivity index (χ1v) is 8.27. The van der Waals surface area contributed by atoms with Gasteiger partial charge in [-0.1, -0.05) is 25.1 Å². The molecule has 2 aromatic carbocycles. The zero-order chi connectivity index (χ0) is 17.8. The smallest absolute Gasteiger partial charge is 0.316 e. The number of ether oxygens (including phenoxy) is 1. The summed E-state index contributed by atoms with van der Waals surface area (Å²) >= 11 is 0. The first-order valence-electron chi connectivity index (χ1n) is 8.27. The van der Waals surface area contributed by atoms with Gasteiger partial charge in [0, 0.05) is 24.2 Å². The van der Waals surface area contributed by atoms with Gasteiger partial charge in [0.2, 0.25) is 5.91 Å². The molecule has 1 heterocycles. The standard InChI is InChI=1S/C20H19NO4/c1-2-15-5-3-4-6-18(15)21-12-16(11-19(21)23)20(24)25-17-9-7-14(13-22)8-10-17/h3-10,13,16H,2,11-12H2,1H3/t16-/m0/s1. The summed E-state index contributed by atoms with van der Waals surface area (Å²) < 4.78 is 5.35. The van der Waals surface area contributed by atoms with Crippen molar-refractivity contribution in [3.05, 3.63) is 59.7 Å². The second-order valence-corrected chi connectivity index (χ2v) is 6.00. The van der Waals surface area contributed by atoms with Gasteiger partial charge in [0.25, 0.3) is 0 Å². The number of nitrogens with zero attached hydrogens (tertiary/aromatic N) is 1. The Morgan fingerprint density at radius 2 is 1.92 bits per heavy atom. The molecule has 1 aliphatic heterocycles. The van der Waals surface area contributed by atoms with E-state index in [0.29, 0.717) is 17.9 Å². The van der Waals surface area contributed by atoms with E-state index in [2.05, 4.69) is 0 Å². The monoisotopic (exact) mass is 337 g/mol. The minimum absolute atomic E-state index is 0.0702. The van der Waals surface area contributed by atoms with E-state index in [9.17, 15) is 14.4 Å². The highest BCUT2D eigenvalue weighted by molar-refractivity contribution is 6.00. The predicted octanol–water partition coefficient (Wildman–Crippen LogP) is 3.02. The molecule has 1 saturated heterocycles. The zero-order valence-corrected chi connectivity index (χ0v) is 14.0. The summed E-state index contributed by atoms with van der Waals surface area (Å²) in [6.07, 6.45) is 1.69. The molecule has 0 saturated carbocycles. The fourth-order valence-electron chi connectivity index (χ4n) is 2.99. The number of carbonyl (C=O) groups excluding carboxylic acids is 3. The van der Waals surface area contributed by atoms with Crippen LogP contribution in [0.25, 0.3) is 0 Å². The molecule has 0 N–H and O–H groups in total. The first kappa shape index (κ1) is 16.9. The molecule has 25 heavy (non-hydrogen) atoms. The van der Waals surface area contributed by atoms with Crippen LogP contribution >= 0.6 is 0 Å². The molecule has 0 radical (unpaired) electrons. The van der Waals surface area contributed by atoms with Crippen LogP contribution in [0.3, 0.4) is 0 Å². The highest BCUT2D eigenvalue weighted by Crippen LogP contribution is 2.29. The van der Waals surface area contributed by atoms with Gasteiger partial charge in [-0.15, -0.1) is 0 Å². The van der Waals surface area contributed by atoms with Crippen LogP contribution in [-0.2, 0) is 16.0 Å². The molecule has 0 aliphatic carbocycles. The lowest BCUT2D eigenvalue weighted by atomic mass is 10.1. The second kappa shape index (κ2) is 7.30. The van der Waals surface area contributed by atoms with E-state index in [0.717, 1.165) is 24.0 Å². The SMILES string of the molecule is CCc1ccccc1N1C[C@@H](C(=O)Oc2ccc(C=O)cc2)CC1=O. The Hall–Kier alpha value is -2.95. The van der Waals surface area contributed by atoms with E-state index in [1.165, 1.54) is 0 Å². The Morgan fingerprint density at radius 1 is 1.20 bits per heavy atom. The molecule has 5 nitrogen and oxygen atoms in total. The Balaban J connectivity index is 1.71. The van der Waals surface area contributed by atoms with Gasteiger partial charge in [0.1, 0.15) is 12.0 Å². The van der Waals surface area contributed by atoms with E-state index >= 15 is 0 Å². The maximum atomic E-state index is 12.4. The molecule has 1 fully saturated rings. The molecule has 0 bridgehead atoms. The summed E-state index contributed by atoms with van der Waals surface area (Å²) in [6, 6.07) is 14.0. The van der Waals surface area contributed by atoms with Crippen LogP contribution in [0, 0.1) is 5.92 Å². The summed E-state index contributed by atoms with van der Waals surface area (Å²) in [5.74, 6) is -0.624. The van der Waals surface area contributed by atoms with Gasteiger partial charge in [-0.25, -0.2) is 0 Å². The van der Waals surface area contributed by atoms with E-state index in [1.807, 2.05) is 31.2 Å². The molecule has 128 valence electrons. The van der Waals surface area contributed by atoms with Crippen molar-refractivity contribution < 1.29 is 19.1 Å². The van der Waals surface area contributed by atoms with Crippen LogP contribution in [0.15, 0.2) is 48.5 Å². The fourth-order valence-corrected chi connectivity index (χ4v) is 2.99. The molecular formula is C20H19NO4. The van der Waals surface area contributed by atoms with Gasteiger partial charge in [0.05, 0.1) is 5.92 Å². The molecule has 5 heteroatoms. The van der Waals surface area contributed by atoms with Crippen LogP contribution in [0.5, 0.6) is 5.75 Å². The lowest BCUT2D eigenvalue weighted by molar-refractivity contribution is -0.139. The quantitative estimate of drug-likeness (QED) is 0.478. The lowest BCUT2D eigenvalue weighted by Gasteiger charge is -2.19. The second-order valence-electron chi connectivity index (χ2n) is 6.00. The molecule has 0 unspecified atom stereocenters. The molecule has 0 spiro atoms. The Kier molecular flexibility index (Phi) is 4.93. The van der Waals surface area contributed by atoms with E-state index in [1.54, 1.807) is 29.2 Å². The first-order chi connectivity index (χ1) is 12.1. The normalized spacial score (nSPS) is 16.8. The van der Waals surface area contributed by atoms with Crippen LogP contribution in [0.2, 0.25) is 0 Å². The van der Waals surface area contributed by atoms with Crippen molar-refractivity contribution in [2.24, 2.45) is 5.92 Å². The number of hydrogen-bond acceptors (Lipinski definition) is 4. The van der Waals surface area contributed by atoms with Gasteiger partial charge in [-0.2, -0.15) is 0 Å². The average Bonchev–Trinajstić information content (AvgIpc) is 3.04. The Bertz CT molecular complexity index is 798. The number of anilines is 1. The number of rotatable bonds is 5. The van der Waals surface area contributed by atoms with Crippen molar-refractivity contribution in [3.8, 4) is 5.75 Å². The zero-order valence-electron chi connectivity index (χ0n) is 14.0. The molecular weight excluding hydrogens is 318 g/mol. The Labute approximate surface area is 146 Å². The third-order valence-electron chi connectivity index (χ3n) is 4.36. The number of carbonyl (C=O) groups is 3. The van der Waals surface area contributed by atoms with Crippen LogP contribution in [0.1, 0.15) is 29.3 Å². The van der Waals surface area contributed by atoms with Crippen LogP contribution < -0.4 is 9.64 Å². The topological polar surface area (TPSA) is 63.7 Å². The van der Waals surface area contributed by atoms with Gasteiger partial charge in [0.15, 0.2) is 0 Å². The van der Waals surface area contributed by atoms with Crippen molar-refractivity contribution in [2.75, 3.05) is 11.4 Å². The van der Waals surface area contributed by atoms with Crippen LogP contribution in [-0.4, -0.2) is 24.7 Å². The number of aldehydes is 1.